The van der Waals surface area contributed by atoms with Gasteiger partial charge < -0.3 is 41.3 Å². The van der Waals surface area contributed by atoms with E-state index in [4.69, 9.17) is 10.5 Å². The average Bonchev–Trinajstić information content (AvgIpc) is 3.91. The summed E-state index contributed by atoms with van der Waals surface area (Å²) in [6, 6.07) is 0. The van der Waals surface area contributed by atoms with Gasteiger partial charge in [-0.25, -0.2) is 0 Å². The first-order valence-electron chi connectivity index (χ1n) is 22.3. The van der Waals surface area contributed by atoms with Crippen molar-refractivity contribution in [2.24, 2.45) is 57.5 Å². The van der Waals surface area contributed by atoms with Gasteiger partial charge in [0.25, 0.3) is 0 Å². The summed E-state index contributed by atoms with van der Waals surface area (Å²) in [7, 11) is 0. The number of carbonyl (C=O) groups excluding carboxylic acids is 1. The van der Waals surface area contributed by atoms with Crippen molar-refractivity contribution in [2.75, 3.05) is 13.2 Å². The monoisotopic (exact) mass is 757 g/mol. The average molecular weight is 757 g/mol. The molecule has 0 aromatic heterocycles. The molecule has 0 spiro atoms. The number of allylic oxidation sites excluding steroid dienone is 1. The van der Waals surface area contributed by atoms with Crippen LogP contribution in [0.1, 0.15) is 157 Å². The Hall–Kier alpha value is -0.910. The van der Waals surface area contributed by atoms with Crippen LogP contribution in [-0.2, 0) is 9.53 Å². The molecule has 15 unspecified atom stereocenters. The summed E-state index contributed by atoms with van der Waals surface area (Å²) in [4.78, 5) is 14.1. The van der Waals surface area contributed by atoms with Crippen LogP contribution in [0.2, 0.25) is 0 Å². The topological polar surface area (TPSA) is 169 Å². The summed E-state index contributed by atoms with van der Waals surface area (Å²) in [6.45, 7) is 11.0. The van der Waals surface area contributed by atoms with Gasteiger partial charge in [0.15, 0.2) is 5.78 Å². The van der Waals surface area contributed by atoms with Gasteiger partial charge >= 0.3 is 0 Å². The minimum atomic E-state index is -1.40. The van der Waals surface area contributed by atoms with E-state index in [2.05, 4.69) is 26.1 Å². The third-order valence-corrected chi connectivity index (χ3v) is 17.8. The standard InChI is InChI=1S/C45H76N2O7/c1-6-18-44(52,39-38(54-39)43(5,51)40(2,27-48)19-14-29-17-22-47-36(46)23-29)35-16-21-45(53)33-25-34(50)32-24-31(49)15-20-41(32,3)37(33)30(26-42(35,45)4)13-12-28-10-8-7-9-11-28/h25,28-32,35-39,47-49,51-53H,6-24,26-27,46H2,1-5H3. The lowest BCUT2D eigenvalue weighted by Gasteiger charge is -2.63. The Kier molecular flexibility index (Phi) is 11.5. The van der Waals surface area contributed by atoms with Gasteiger partial charge in [-0.15, -0.1) is 0 Å². The largest absolute Gasteiger partial charge is 0.396 e. The highest BCUT2D eigenvalue weighted by atomic mass is 16.6. The third-order valence-electron chi connectivity index (χ3n) is 17.8. The summed E-state index contributed by atoms with van der Waals surface area (Å²) in [6.07, 6.45) is 17.1. The number of nitrogens with one attached hydrogen (secondary N) is 1. The molecule has 7 aliphatic rings. The van der Waals surface area contributed by atoms with Crippen molar-refractivity contribution in [2.45, 2.75) is 198 Å². The number of rotatable bonds is 13. The molecule has 54 heavy (non-hydrogen) atoms. The molecule has 15 atom stereocenters. The van der Waals surface area contributed by atoms with Gasteiger partial charge in [0.05, 0.1) is 35.7 Å². The van der Waals surface area contributed by atoms with Gasteiger partial charge in [-0.2, -0.15) is 0 Å². The first-order valence-corrected chi connectivity index (χ1v) is 22.3. The number of hydrogen-bond donors (Lipinski definition) is 7. The lowest BCUT2D eigenvalue weighted by atomic mass is 9.42. The molecule has 9 heteroatoms. The van der Waals surface area contributed by atoms with Gasteiger partial charge in [0.2, 0.25) is 0 Å². The number of ketones is 1. The van der Waals surface area contributed by atoms with Crippen LogP contribution in [0.5, 0.6) is 0 Å². The molecule has 2 saturated heterocycles. The van der Waals surface area contributed by atoms with E-state index in [0.717, 1.165) is 63.5 Å². The van der Waals surface area contributed by atoms with Crippen LogP contribution in [0.3, 0.4) is 0 Å². The maximum atomic E-state index is 14.1. The maximum absolute atomic E-state index is 14.1. The Labute approximate surface area is 325 Å². The van der Waals surface area contributed by atoms with E-state index >= 15 is 0 Å². The lowest BCUT2D eigenvalue weighted by molar-refractivity contribution is -0.171. The van der Waals surface area contributed by atoms with Crippen molar-refractivity contribution in [3.8, 4) is 0 Å². The molecule has 9 nitrogen and oxygen atoms in total. The molecule has 7 rings (SSSR count). The Morgan fingerprint density at radius 2 is 1.69 bits per heavy atom. The molecule has 0 aromatic carbocycles. The van der Waals surface area contributed by atoms with Crippen molar-refractivity contribution in [1.82, 2.24) is 5.32 Å². The lowest BCUT2D eigenvalue weighted by Crippen LogP contribution is -2.64. The second-order valence-corrected chi connectivity index (χ2v) is 21.0. The number of nitrogens with two attached hydrogens (primary N) is 1. The normalized spacial score (nSPS) is 45.9. The highest BCUT2D eigenvalue weighted by molar-refractivity contribution is 5.95. The van der Waals surface area contributed by atoms with Crippen molar-refractivity contribution < 1.29 is 35.1 Å². The predicted octanol–water partition coefficient (Wildman–Crippen LogP) is 5.92. The Balaban J connectivity index is 1.19. The van der Waals surface area contributed by atoms with Crippen LogP contribution in [-0.4, -0.2) is 85.7 Å². The number of hydrogen-bond acceptors (Lipinski definition) is 9. The maximum Gasteiger partial charge on any atom is 0.159 e. The molecule has 2 aliphatic heterocycles. The number of aliphatic hydroxyl groups excluding tert-OH is 2. The third kappa shape index (κ3) is 6.72. The van der Waals surface area contributed by atoms with E-state index in [1.165, 1.54) is 32.1 Å². The van der Waals surface area contributed by atoms with E-state index < -0.39 is 45.9 Å². The predicted molar refractivity (Wildman–Crippen MR) is 210 cm³/mol. The van der Waals surface area contributed by atoms with E-state index in [1.807, 2.05) is 13.0 Å². The summed E-state index contributed by atoms with van der Waals surface area (Å²) in [5.41, 5.74) is 1.30. The van der Waals surface area contributed by atoms with Gasteiger partial charge in [0.1, 0.15) is 12.2 Å². The molecule has 8 N–H and O–H groups in total. The number of carbonyl (C=O) groups is 1. The highest BCUT2D eigenvalue weighted by Crippen LogP contribution is 2.72. The highest BCUT2D eigenvalue weighted by Gasteiger charge is 2.74. The summed E-state index contributed by atoms with van der Waals surface area (Å²) in [5.74, 6) is 0.978. The zero-order chi connectivity index (χ0) is 38.9. The zero-order valence-electron chi connectivity index (χ0n) is 34.3. The molecule has 308 valence electrons. The summed E-state index contributed by atoms with van der Waals surface area (Å²) < 4.78 is 6.49. The molecule has 0 aromatic rings. The van der Waals surface area contributed by atoms with Gasteiger partial charge in [-0.1, -0.05) is 72.6 Å². The summed E-state index contributed by atoms with van der Waals surface area (Å²) >= 11 is 0. The number of piperidine rings is 1. The van der Waals surface area contributed by atoms with Gasteiger partial charge in [-0.05, 0) is 137 Å². The van der Waals surface area contributed by atoms with E-state index in [1.54, 1.807) is 6.92 Å². The van der Waals surface area contributed by atoms with Crippen LogP contribution in [0.25, 0.3) is 0 Å². The first kappa shape index (κ1) is 41.3. The molecule has 4 saturated carbocycles. The second kappa shape index (κ2) is 15.0. The van der Waals surface area contributed by atoms with Crippen molar-refractivity contribution in [3.05, 3.63) is 11.6 Å². The van der Waals surface area contributed by atoms with Crippen LogP contribution in [0.4, 0.5) is 0 Å². The first-order chi connectivity index (χ1) is 25.5. The Bertz CT molecular complexity index is 1400. The van der Waals surface area contributed by atoms with E-state index in [-0.39, 0.29) is 47.6 Å². The fraction of sp³-hybridized carbons (Fsp3) is 0.933. The Morgan fingerprint density at radius 3 is 2.37 bits per heavy atom. The molecule has 5 aliphatic carbocycles. The smallest absolute Gasteiger partial charge is 0.159 e. The minimum Gasteiger partial charge on any atom is -0.396 e. The number of fused-ring (bicyclic) bond motifs is 5. The molecule has 2 heterocycles. The molecular weight excluding hydrogens is 681 g/mol. The quantitative estimate of drug-likeness (QED) is 0.113. The van der Waals surface area contributed by atoms with Crippen molar-refractivity contribution in [1.29, 1.82) is 0 Å². The SMILES string of the molecule is CCCC(O)(C1OC1C(C)(O)C(C)(CO)CCC1CCNC(N)C1)C1CCC2(O)C3=CC(=O)C4CC(O)CCC4(C)C3C(CCC3CCCCC3)CC12C. The van der Waals surface area contributed by atoms with Crippen molar-refractivity contribution >= 4 is 5.78 Å². The van der Waals surface area contributed by atoms with Crippen LogP contribution < -0.4 is 11.1 Å². The number of ether oxygens (including phenoxy) is 1. The minimum absolute atomic E-state index is 0.0273. The van der Waals surface area contributed by atoms with Crippen LogP contribution >= 0.6 is 0 Å². The van der Waals surface area contributed by atoms with Crippen LogP contribution in [0.15, 0.2) is 11.6 Å². The molecule has 6 fully saturated rings. The Morgan fingerprint density at radius 1 is 0.944 bits per heavy atom. The van der Waals surface area contributed by atoms with Gasteiger partial charge in [-0.3, -0.25) is 4.79 Å². The van der Waals surface area contributed by atoms with Crippen molar-refractivity contribution in [3.63, 3.8) is 0 Å². The molecule has 0 amide bonds. The number of epoxide rings is 1. The summed E-state index contributed by atoms with van der Waals surface area (Å²) in [5, 5.41) is 63.7. The fourth-order valence-corrected chi connectivity index (χ4v) is 14.2. The van der Waals surface area contributed by atoms with E-state index in [0.29, 0.717) is 50.4 Å². The molecular formula is C45H76N2O7. The second-order valence-electron chi connectivity index (χ2n) is 21.0. The fourth-order valence-electron chi connectivity index (χ4n) is 14.2. The number of aliphatic hydroxyl groups is 5. The van der Waals surface area contributed by atoms with Crippen LogP contribution in [0, 0.1) is 51.8 Å². The molecule has 0 radical (unpaired) electrons. The zero-order valence-corrected chi connectivity index (χ0v) is 34.3. The van der Waals surface area contributed by atoms with Gasteiger partial charge in [0, 0.05) is 16.7 Å². The molecule has 0 bridgehead atoms. The van der Waals surface area contributed by atoms with E-state index in [9.17, 15) is 30.3 Å².